The fourth-order valence-electron chi connectivity index (χ4n) is 1.81. The predicted molar refractivity (Wildman–Crippen MR) is 77.1 cm³/mol. The van der Waals surface area contributed by atoms with Gasteiger partial charge in [0.1, 0.15) is 12.9 Å². The Balaban J connectivity index is 2.29. The van der Waals surface area contributed by atoms with Gasteiger partial charge in [0.2, 0.25) is 0 Å². The van der Waals surface area contributed by atoms with Gasteiger partial charge in [0.05, 0.1) is 11.3 Å². The maximum Gasteiger partial charge on any atom is 0.344 e. The topological polar surface area (TPSA) is 47.9 Å². The minimum atomic E-state index is -0.419. The van der Waals surface area contributed by atoms with Crippen molar-refractivity contribution in [2.75, 3.05) is 7.11 Å². The van der Waals surface area contributed by atoms with Crippen LogP contribution in [0.25, 0.3) is 0 Å². The smallest absolute Gasteiger partial charge is 0.344 e. The number of carbonyl (C=O) groups is 1. The zero-order chi connectivity index (χ0) is 14.4. The minimum Gasteiger partial charge on any atom is -0.423 e. The summed E-state index contributed by atoms with van der Waals surface area (Å²) < 4.78 is 5.33. The molecule has 4 nitrogen and oxygen atoms in total. The molecule has 2 rings (SSSR count). The van der Waals surface area contributed by atoms with Crippen LogP contribution in [-0.2, 0) is 4.84 Å². The van der Waals surface area contributed by atoms with Gasteiger partial charge in [-0.15, -0.1) is 0 Å². The van der Waals surface area contributed by atoms with Gasteiger partial charge in [0, 0.05) is 5.56 Å². The quantitative estimate of drug-likeness (QED) is 0.370. The van der Waals surface area contributed by atoms with Crippen molar-refractivity contribution in [3.05, 3.63) is 65.7 Å². The number of ether oxygens (including phenoxy) is 1. The summed E-state index contributed by atoms with van der Waals surface area (Å²) in [6, 6.07) is 16.1. The van der Waals surface area contributed by atoms with Crippen molar-refractivity contribution in [3.8, 4) is 5.75 Å². The number of nitrogens with zero attached hydrogens (tertiary/aromatic N) is 1. The molecule has 0 aliphatic rings. The van der Waals surface area contributed by atoms with Crippen LogP contribution in [0.3, 0.4) is 0 Å². The Morgan fingerprint density at radius 3 is 2.20 bits per heavy atom. The summed E-state index contributed by atoms with van der Waals surface area (Å²) in [5.74, 6) is 0.0890. The largest absolute Gasteiger partial charge is 0.423 e. The number of rotatable bonds is 4. The lowest BCUT2D eigenvalue weighted by atomic mass is 10.0. The zero-order valence-electron chi connectivity index (χ0n) is 11.4. The van der Waals surface area contributed by atoms with Gasteiger partial charge < -0.3 is 9.57 Å². The molecular weight excluding hydrogens is 254 g/mol. The van der Waals surface area contributed by atoms with E-state index in [0.29, 0.717) is 22.6 Å². The number of hydrogen-bond donors (Lipinski definition) is 0. The molecule has 0 saturated carbocycles. The second-order valence-corrected chi connectivity index (χ2v) is 4.11. The first-order valence-electron chi connectivity index (χ1n) is 6.16. The molecule has 0 aromatic heterocycles. The van der Waals surface area contributed by atoms with E-state index in [1.165, 1.54) is 7.11 Å². The number of esters is 1. The Morgan fingerprint density at radius 2 is 1.55 bits per heavy atom. The standard InChI is InChI=1S/C16H15NO3/c1-12(17-19-2)14-10-6-7-11-15(14)16(18)20-13-8-4-3-5-9-13/h3-11H,1-2H3/b17-12+. The third-order valence-electron chi connectivity index (χ3n) is 2.72. The molecular formula is C16H15NO3. The van der Waals surface area contributed by atoms with Crippen LogP contribution >= 0.6 is 0 Å². The van der Waals surface area contributed by atoms with Crippen LogP contribution in [0.15, 0.2) is 59.8 Å². The van der Waals surface area contributed by atoms with E-state index >= 15 is 0 Å². The van der Waals surface area contributed by atoms with Crippen LogP contribution in [0.2, 0.25) is 0 Å². The number of carbonyl (C=O) groups excluding carboxylic acids is 1. The molecule has 0 heterocycles. The van der Waals surface area contributed by atoms with Gasteiger partial charge in [-0.05, 0) is 25.1 Å². The zero-order valence-corrected chi connectivity index (χ0v) is 11.4. The van der Waals surface area contributed by atoms with Gasteiger partial charge in [-0.3, -0.25) is 0 Å². The maximum absolute atomic E-state index is 12.2. The van der Waals surface area contributed by atoms with Crippen molar-refractivity contribution in [1.82, 2.24) is 0 Å². The molecule has 0 fully saturated rings. The summed E-state index contributed by atoms with van der Waals surface area (Å²) in [5, 5.41) is 3.85. The number of hydrogen-bond acceptors (Lipinski definition) is 4. The molecule has 0 bridgehead atoms. The predicted octanol–water partition coefficient (Wildman–Crippen LogP) is 3.28. The molecule has 0 saturated heterocycles. The van der Waals surface area contributed by atoms with E-state index in [9.17, 15) is 4.79 Å². The first-order valence-corrected chi connectivity index (χ1v) is 6.16. The summed E-state index contributed by atoms with van der Waals surface area (Å²) in [6.45, 7) is 1.78. The second kappa shape index (κ2) is 6.52. The number of oxime groups is 1. The Kier molecular flexibility index (Phi) is 4.50. The fourth-order valence-corrected chi connectivity index (χ4v) is 1.81. The molecule has 0 spiro atoms. The minimum absolute atomic E-state index is 0.419. The molecule has 0 amide bonds. The lowest BCUT2D eigenvalue weighted by Crippen LogP contribution is -2.13. The van der Waals surface area contributed by atoms with Gasteiger partial charge >= 0.3 is 5.97 Å². The highest BCUT2D eigenvalue weighted by Crippen LogP contribution is 2.15. The molecule has 0 unspecified atom stereocenters. The average molecular weight is 269 g/mol. The summed E-state index contributed by atoms with van der Waals surface area (Å²) >= 11 is 0. The Morgan fingerprint density at radius 1 is 0.950 bits per heavy atom. The molecule has 2 aromatic rings. The molecule has 0 radical (unpaired) electrons. The molecule has 0 aliphatic carbocycles. The van der Waals surface area contributed by atoms with Crippen LogP contribution < -0.4 is 4.74 Å². The number of benzene rings is 2. The third-order valence-corrected chi connectivity index (χ3v) is 2.72. The van der Waals surface area contributed by atoms with Gasteiger partial charge in [0.25, 0.3) is 0 Å². The Bertz CT molecular complexity index is 621. The van der Waals surface area contributed by atoms with Gasteiger partial charge in [-0.1, -0.05) is 41.6 Å². The maximum atomic E-state index is 12.2. The lowest BCUT2D eigenvalue weighted by molar-refractivity contribution is 0.0734. The third kappa shape index (κ3) is 3.23. The Hall–Kier alpha value is -2.62. The summed E-state index contributed by atoms with van der Waals surface area (Å²) in [6.07, 6.45) is 0. The average Bonchev–Trinajstić information content (AvgIpc) is 2.48. The first kappa shape index (κ1) is 13.8. The van der Waals surface area contributed by atoms with E-state index in [-0.39, 0.29) is 0 Å². The van der Waals surface area contributed by atoms with Crippen LogP contribution in [0, 0.1) is 0 Å². The van der Waals surface area contributed by atoms with Gasteiger partial charge in [-0.2, -0.15) is 0 Å². The highest BCUT2D eigenvalue weighted by atomic mass is 16.6. The molecule has 2 aromatic carbocycles. The highest BCUT2D eigenvalue weighted by Gasteiger charge is 2.15. The van der Waals surface area contributed by atoms with Crippen LogP contribution in [-0.4, -0.2) is 18.8 Å². The first-order chi connectivity index (χ1) is 9.72. The van der Waals surface area contributed by atoms with Crippen molar-refractivity contribution in [1.29, 1.82) is 0 Å². The SMILES string of the molecule is CO/N=C(\C)c1ccccc1C(=O)Oc1ccccc1. The molecule has 4 heteroatoms. The lowest BCUT2D eigenvalue weighted by Gasteiger charge is -2.08. The van der Waals surface area contributed by atoms with Crippen LogP contribution in [0.4, 0.5) is 0 Å². The molecule has 0 N–H and O–H groups in total. The summed E-state index contributed by atoms with van der Waals surface area (Å²) in [7, 11) is 1.47. The van der Waals surface area contributed by atoms with Gasteiger partial charge in [0.15, 0.2) is 0 Å². The van der Waals surface area contributed by atoms with Crippen molar-refractivity contribution in [3.63, 3.8) is 0 Å². The van der Waals surface area contributed by atoms with E-state index in [1.54, 1.807) is 37.3 Å². The second-order valence-electron chi connectivity index (χ2n) is 4.11. The van der Waals surface area contributed by atoms with E-state index in [1.807, 2.05) is 24.3 Å². The molecule has 20 heavy (non-hydrogen) atoms. The highest BCUT2D eigenvalue weighted by molar-refractivity contribution is 6.08. The molecule has 0 atom stereocenters. The molecule has 102 valence electrons. The van der Waals surface area contributed by atoms with Crippen LogP contribution in [0.5, 0.6) is 5.75 Å². The van der Waals surface area contributed by atoms with E-state index in [2.05, 4.69) is 5.16 Å². The van der Waals surface area contributed by atoms with Crippen molar-refractivity contribution >= 4 is 11.7 Å². The fraction of sp³-hybridized carbons (Fsp3) is 0.125. The van der Waals surface area contributed by atoms with E-state index < -0.39 is 5.97 Å². The molecule has 0 aliphatic heterocycles. The number of para-hydroxylation sites is 1. The van der Waals surface area contributed by atoms with Gasteiger partial charge in [-0.25, -0.2) is 4.79 Å². The van der Waals surface area contributed by atoms with E-state index in [4.69, 9.17) is 9.57 Å². The Labute approximate surface area is 117 Å². The summed E-state index contributed by atoms with van der Waals surface area (Å²) in [5.41, 5.74) is 1.76. The normalized spacial score (nSPS) is 11.0. The van der Waals surface area contributed by atoms with Crippen molar-refractivity contribution < 1.29 is 14.4 Å². The van der Waals surface area contributed by atoms with Crippen molar-refractivity contribution in [2.24, 2.45) is 5.16 Å². The van der Waals surface area contributed by atoms with Crippen molar-refractivity contribution in [2.45, 2.75) is 6.92 Å². The van der Waals surface area contributed by atoms with Crippen LogP contribution in [0.1, 0.15) is 22.8 Å². The summed E-state index contributed by atoms with van der Waals surface area (Å²) in [4.78, 5) is 17.0. The van der Waals surface area contributed by atoms with E-state index in [0.717, 1.165) is 0 Å². The monoisotopic (exact) mass is 269 g/mol.